The highest BCUT2D eigenvalue weighted by Crippen LogP contribution is 2.48. The van der Waals surface area contributed by atoms with Gasteiger partial charge in [-0.1, -0.05) is 26.8 Å². The summed E-state index contributed by atoms with van der Waals surface area (Å²) in [6.45, 7) is 7.35. The Hall–Kier alpha value is -4.02. The molecule has 0 aliphatic carbocycles. The molecule has 4 rings (SSSR count). The topological polar surface area (TPSA) is 195 Å². The Labute approximate surface area is 275 Å². The molecule has 0 aliphatic heterocycles. The zero-order valence-electron chi connectivity index (χ0n) is 27.4. The third-order valence-electron chi connectivity index (χ3n) is 6.69. The van der Waals surface area contributed by atoms with E-state index in [0.717, 1.165) is 17.8 Å². The van der Waals surface area contributed by atoms with Crippen molar-refractivity contribution >= 4 is 41.7 Å². The molecule has 3 heterocycles. The predicted molar refractivity (Wildman–Crippen MR) is 171 cm³/mol. The number of hydrogen-bond donors (Lipinski definition) is 3. The number of ether oxygens (including phenoxy) is 3. The first kappa shape index (κ1) is 36.8. The van der Waals surface area contributed by atoms with Crippen LogP contribution in [0.5, 0.6) is 11.6 Å². The van der Waals surface area contributed by atoms with E-state index >= 15 is 4.39 Å². The fraction of sp³-hybridized carbons (Fsp3) is 0.500. The molecular formula is C30H40F2N7O8P. The number of anilines is 1. The Morgan fingerprint density at radius 1 is 1.15 bits per heavy atom. The molecule has 0 spiro atoms. The van der Waals surface area contributed by atoms with Crippen molar-refractivity contribution in [3.05, 3.63) is 42.9 Å². The molecule has 48 heavy (non-hydrogen) atoms. The van der Waals surface area contributed by atoms with Gasteiger partial charge < -0.3 is 29.6 Å². The Morgan fingerprint density at radius 2 is 1.90 bits per heavy atom. The summed E-state index contributed by atoms with van der Waals surface area (Å²) >= 11 is 0. The van der Waals surface area contributed by atoms with Gasteiger partial charge in [-0.2, -0.15) is 15.1 Å². The van der Waals surface area contributed by atoms with Crippen LogP contribution in [0.3, 0.4) is 0 Å². The number of hydrogen-bond acceptors (Lipinski definition) is 13. The number of nitrogen functional groups attached to an aromatic ring is 1. The highest BCUT2D eigenvalue weighted by Gasteiger charge is 2.45. The van der Waals surface area contributed by atoms with Crippen molar-refractivity contribution in [3.63, 3.8) is 0 Å². The second-order valence-corrected chi connectivity index (χ2v) is 13.7. The van der Waals surface area contributed by atoms with Crippen molar-refractivity contribution < 1.29 is 46.5 Å². The largest absolute Gasteiger partial charge is 0.476 e. The molecule has 15 nitrogen and oxygen atoms in total. The molecule has 4 N–H and O–H groups in total. The van der Waals surface area contributed by atoms with E-state index in [0.29, 0.717) is 10.9 Å². The van der Waals surface area contributed by atoms with Gasteiger partial charge in [-0.15, -0.1) is 0 Å². The highest BCUT2D eigenvalue weighted by atomic mass is 31.2. The summed E-state index contributed by atoms with van der Waals surface area (Å²) in [5, 5.41) is 13.4. The van der Waals surface area contributed by atoms with Gasteiger partial charge in [0.25, 0.3) is 5.85 Å². The Bertz CT molecular complexity index is 1770. The zero-order valence-corrected chi connectivity index (χ0v) is 28.3. The van der Waals surface area contributed by atoms with Gasteiger partial charge in [-0.05, 0) is 50.5 Å². The molecule has 4 aromatic rings. The zero-order chi connectivity index (χ0) is 35.3. The van der Waals surface area contributed by atoms with Gasteiger partial charge in [0.2, 0.25) is 11.8 Å². The molecule has 2 unspecified atom stereocenters. The van der Waals surface area contributed by atoms with Gasteiger partial charge >= 0.3 is 13.7 Å². The number of aromatic nitrogens is 5. The first-order valence-corrected chi connectivity index (χ1v) is 16.6. The summed E-state index contributed by atoms with van der Waals surface area (Å²) < 4.78 is 73.9. The van der Waals surface area contributed by atoms with E-state index in [1.165, 1.54) is 13.0 Å². The number of imidazole rings is 1. The van der Waals surface area contributed by atoms with Gasteiger partial charge in [0.05, 0.1) is 25.1 Å². The maximum absolute atomic E-state index is 16.5. The summed E-state index contributed by atoms with van der Waals surface area (Å²) in [6, 6.07) is 6.76. The maximum Gasteiger partial charge on any atom is 0.459 e. The number of carbonyl (C=O) groups is 1. The lowest BCUT2D eigenvalue weighted by molar-refractivity contribution is -0.259. The standard InChI is InChI=1S/C30H40F2N7O8P/c1-7-43-26-24-25(36-28(33)37-26)39(17-35-24)23(14-31)46-30(32,19(3)40)16-45-48(42,38-18(2)27(41)44-15-29(4,5)6)47-22-12-8-11-21-20(22)10-9-13-34-21/h8-13,17-19,23,40H,7,14-16H2,1-6H3,(H,38,42)(H2,33,36,37)/t18?,19-,23-,30+,48?/m0/s1. The lowest BCUT2D eigenvalue weighted by atomic mass is 9.99. The van der Waals surface area contributed by atoms with E-state index < -0.39 is 51.2 Å². The summed E-state index contributed by atoms with van der Waals surface area (Å²) in [6.07, 6.45) is -1.08. The highest BCUT2D eigenvalue weighted by molar-refractivity contribution is 7.52. The molecule has 0 aliphatic rings. The predicted octanol–water partition coefficient (Wildman–Crippen LogP) is 4.66. The minimum Gasteiger partial charge on any atom is -0.476 e. The fourth-order valence-corrected chi connectivity index (χ4v) is 5.77. The van der Waals surface area contributed by atoms with Crippen LogP contribution in [0.2, 0.25) is 0 Å². The first-order valence-electron chi connectivity index (χ1n) is 15.0. The van der Waals surface area contributed by atoms with E-state index in [1.807, 2.05) is 20.8 Å². The van der Waals surface area contributed by atoms with Crippen molar-refractivity contribution in [2.75, 3.05) is 32.2 Å². The molecular weight excluding hydrogens is 655 g/mol. The average Bonchev–Trinajstić information content (AvgIpc) is 3.45. The number of aliphatic hydroxyl groups excluding tert-OH is 1. The molecule has 0 saturated carbocycles. The molecule has 0 bridgehead atoms. The van der Waals surface area contributed by atoms with Crippen LogP contribution in [-0.4, -0.2) is 80.1 Å². The molecule has 3 aromatic heterocycles. The van der Waals surface area contributed by atoms with Crippen LogP contribution in [0, 0.1) is 5.41 Å². The van der Waals surface area contributed by atoms with Gasteiger partial charge in [0.1, 0.15) is 31.2 Å². The number of nitrogens with two attached hydrogens (primary N) is 1. The lowest BCUT2D eigenvalue weighted by Gasteiger charge is -2.33. The molecule has 1 aromatic carbocycles. The summed E-state index contributed by atoms with van der Waals surface area (Å²) in [4.78, 5) is 29.2. The number of fused-ring (bicyclic) bond motifs is 2. The van der Waals surface area contributed by atoms with Crippen molar-refractivity contribution in [2.24, 2.45) is 5.41 Å². The van der Waals surface area contributed by atoms with Crippen LogP contribution >= 0.6 is 7.75 Å². The second-order valence-electron chi connectivity index (χ2n) is 12.0. The SMILES string of the molecule is CCOc1nc(N)nc2c1ncn2[C@H](CF)O[C@](F)(COP(=O)(NC(C)C(=O)OCC(C)(C)C)Oc1cccc2ncccc12)[C@H](C)O. The number of halogens is 2. The molecule has 0 radical (unpaired) electrons. The smallest absolute Gasteiger partial charge is 0.459 e. The molecule has 0 amide bonds. The fourth-order valence-electron chi connectivity index (χ4n) is 4.25. The number of pyridine rings is 1. The minimum absolute atomic E-state index is 0.0182. The van der Waals surface area contributed by atoms with E-state index in [4.69, 9.17) is 29.0 Å². The molecule has 0 saturated heterocycles. The van der Waals surface area contributed by atoms with Crippen molar-refractivity contribution in [2.45, 2.75) is 65.8 Å². The van der Waals surface area contributed by atoms with Crippen LogP contribution in [0.1, 0.15) is 47.8 Å². The number of nitrogens with one attached hydrogen (secondary N) is 1. The molecule has 18 heteroatoms. The van der Waals surface area contributed by atoms with Crippen LogP contribution in [0.25, 0.3) is 22.1 Å². The number of nitrogens with zero attached hydrogens (tertiary/aromatic N) is 5. The summed E-state index contributed by atoms with van der Waals surface area (Å²) in [5.74, 6) is -4.16. The summed E-state index contributed by atoms with van der Waals surface area (Å²) in [7, 11) is -4.70. The number of esters is 1. The van der Waals surface area contributed by atoms with Crippen molar-refractivity contribution in [3.8, 4) is 11.6 Å². The Morgan fingerprint density at radius 3 is 2.56 bits per heavy atom. The van der Waals surface area contributed by atoms with E-state index in [1.54, 1.807) is 37.4 Å². The average molecular weight is 696 g/mol. The van der Waals surface area contributed by atoms with Crippen molar-refractivity contribution in [1.29, 1.82) is 0 Å². The monoisotopic (exact) mass is 695 g/mol. The number of carbonyl (C=O) groups excluding carboxylic acids is 1. The van der Waals surface area contributed by atoms with Crippen LogP contribution < -0.4 is 20.1 Å². The normalized spacial score (nSPS) is 16.5. The van der Waals surface area contributed by atoms with Gasteiger partial charge in [0.15, 0.2) is 17.4 Å². The Kier molecular flexibility index (Phi) is 11.5. The number of alkyl halides is 2. The number of aliphatic hydroxyl groups is 1. The van der Waals surface area contributed by atoms with Crippen molar-refractivity contribution in [1.82, 2.24) is 29.6 Å². The van der Waals surface area contributed by atoms with Crippen LogP contribution in [0.15, 0.2) is 42.9 Å². The number of benzene rings is 1. The van der Waals surface area contributed by atoms with E-state index in [9.17, 15) is 18.9 Å². The first-order chi connectivity index (χ1) is 22.6. The molecule has 5 atom stereocenters. The minimum atomic E-state index is -4.70. The van der Waals surface area contributed by atoms with Gasteiger partial charge in [0, 0.05) is 11.6 Å². The lowest BCUT2D eigenvalue weighted by Crippen LogP contribution is -2.46. The third kappa shape index (κ3) is 8.90. The maximum atomic E-state index is 16.5. The van der Waals surface area contributed by atoms with Gasteiger partial charge in [-0.25, -0.2) is 18.3 Å². The van der Waals surface area contributed by atoms with E-state index in [2.05, 4.69) is 25.0 Å². The van der Waals surface area contributed by atoms with E-state index in [-0.39, 0.29) is 47.4 Å². The molecule has 0 fully saturated rings. The van der Waals surface area contributed by atoms with Crippen LogP contribution in [0.4, 0.5) is 14.7 Å². The second kappa shape index (κ2) is 15.0. The summed E-state index contributed by atoms with van der Waals surface area (Å²) in [5.41, 5.74) is 5.99. The number of rotatable bonds is 16. The quantitative estimate of drug-likeness (QED) is 0.108. The molecule has 262 valence electrons. The Balaban J connectivity index is 1.64. The third-order valence-corrected chi connectivity index (χ3v) is 8.30. The van der Waals surface area contributed by atoms with Gasteiger partial charge in [-0.3, -0.25) is 18.9 Å². The van der Waals surface area contributed by atoms with Crippen LogP contribution in [-0.2, 0) is 23.4 Å².